The Morgan fingerprint density at radius 2 is 1.89 bits per heavy atom. The van der Waals surface area contributed by atoms with Crippen molar-refractivity contribution >= 4 is 46.6 Å². The van der Waals surface area contributed by atoms with Gasteiger partial charge in [-0.1, -0.05) is 12.1 Å². The van der Waals surface area contributed by atoms with Crippen LogP contribution in [0.15, 0.2) is 42.6 Å². The zero-order chi connectivity index (χ0) is 19.6. The van der Waals surface area contributed by atoms with Gasteiger partial charge in [0.05, 0.1) is 11.8 Å². The predicted molar refractivity (Wildman–Crippen MR) is 112 cm³/mol. The van der Waals surface area contributed by atoms with Gasteiger partial charge >= 0.3 is 5.97 Å². The van der Waals surface area contributed by atoms with Crippen LogP contribution >= 0.6 is 12.4 Å². The fraction of sp³-hybridized carbons (Fsp3) is 0.238. The first kappa shape index (κ1) is 21.3. The molecule has 6 nitrogen and oxygen atoms in total. The molecule has 1 N–H and O–H groups in total. The van der Waals surface area contributed by atoms with E-state index in [1.54, 1.807) is 32.0 Å². The number of rotatable bonds is 5. The molecule has 0 unspecified atom stereocenters. The van der Waals surface area contributed by atoms with E-state index < -0.39 is 5.97 Å². The van der Waals surface area contributed by atoms with Crippen LogP contribution in [0.5, 0.6) is 0 Å². The quantitative estimate of drug-likeness (QED) is 0.486. The van der Waals surface area contributed by atoms with Crippen molar-refractivity contribution in [2.45, 2.75) is 33.8 Å². The van der Waals surface area contributed by atoms with Crippen molar-refractivity contribution in [2.75, 3.05) is 5.32 Å². The van der Waals surface area contributed by atoms with E-state index in [0.717, 1.165) is 5.69 Å². The number of anilines is 2. The van der Waals surface area contributed by atoms with Crippen molar-refractivity contribution < 1.29 is 14.3 Å². The number of carbonyl (C=O) groups excluding carboxylic acids is 2. The van der Waals surface area contributed by atoms with Crippen molar-refractivity contribution in [3.63, 3.8) is 0 Å². The van der Waals surface area contributed by atoms with Crippen LogP contribution in [0.4, 0.5) is 11.4 Å². The van der Waals surface area contributed by atoms with Crippen LogP contribution < -0.4 is 5.32 Å². The molecule has 0 amide bonds. The molecule has 0 aliphatic rings. The van der Waals surface area contributed by atoms with Gasteiger partial charge in [-0.3, -0.25) is 4.79 Å². The van der Waals surface area contributed by atoms with E-state index in [1.165, 1.54) is 13.1 Å². The predicted octanol–water partition coefficient (Wildman–Crippen LogP) is 4.87. The van der Waals surface area contributed by atoms with Crippen molar-refractivity contribution in [1.29, 1.82) is 0 Å². The summed E-state index contributed by atoms with van der Waals surface area (Å²) in [5.74, 6) is -0.500. The first-order chi connectivity index (χ1) is 12.8. The van der Waals surface area contributed by atoms with Crippen LogP contribution in [0.1, 0.15) is 47.2 Å². The lowest BCUT2D eigenvalue weighted by Gasteiger charge is -2.15. The van der Waals surface area contributed by atoms with Gasteiger partial charge < -0.3 is 10.1 Å². The maximum Gasteiger partial charge on any atom is 0.342 e. The molecule has 0 atom stereocenters. The van der Waals surface area contributed by atoms with Gasteiger partial charge in [0, 0.05) is 28.5 Å². The number of nitrogens with zero attached hydrogens (tertiary/aromatic N) is 2. The lowest BCUT2D eigenvalue weighted by atomic mass is 10.1. The number of aryl methyl sites for hydroxylation is 1. The Kier molecular flexibility index (Phi) is 6.70. The number of hydrogen-bond donors (Lipinski definition) is 1. The minimum Gasteiger partial charge on any atom is -0.459 e. The lowest BCUT2D eigenvalue weighted by Crippen LogP contribution is -2.14. The van der Waals surface area contributed by atoms with Crippen LogP contribution in [-0.2, 0) is 4.74 Å². The lowest BCUT2D eigenvalue weighted by molar-refractivity contribution is 0.0378. The zero-order valence-electron chi connectivity index (χ0n) is 16.1. The Bertz CT molecular complexity index is 1030. The highest BCUT2D eigenvalue weighted by Gasteiger charge is 2.19. The average molecular weight is 400 g/mol. The van der Waals surface area contributed by atoms with Gasteiger partial charge in [-0.2, -0.15) is 0 Å². The Morgan fingerprint density at radius 3 is 2.57 bits per heavy atom. The van der Waals surface area contributed by atoms with E-state index in [9.17, 15) is 9.59 Å². The van der Waals surface area contributed by atoms with Gasteiger partial charge in [0.25, 0.3) is 0 Å². The molecule has 0 aliphatic carbocycles. The molecule has 0 radical (unpaired) electrons. The first-order valence-corrected chi connectivity index (χ1v) is 8.70. The number of halogens is 1. The fourth-order valence-electron chi connectivity index (χ4n) is 2.70. The smallest absolute Gasteiger partial charge is 0.342 e. The normalized spacial score (nSPS) is 10.5. The second kappa shape index (κ2) is 8.80. The van der Waals surface area contributed by atoms with Crippen LogP contribution in [0.2, 0.25) is 0 Å². The van der Waals surface area contributed by atoms with Gasteiger partial charge in [-0.05, 0) is 52.0 Å². The highest BCUT2D eigenvalue weighted by Crippen LogP contribution is 2.29. The third kappa shape index (κ3) is 4.64. The number of hydrogen-bond acceptors (Lipinski definition) is 6. The van der Waals surface area contributed by atoms with Crippen molar-refractivity contribution in [3.8, 4) is 0 Å². The molecular weight excluding hydrogens is 378 g/mol. The Morgan fingerprint density at radius 1 is 1.14 bits per heavy atom. The van der Waals surface area contributed by atoms with Crippen LogP contribution in [0.25, 0.3) is 11.0 Å². The molecule has 0 fully saturated rings. The summed E-state index contributed by atoms with van der Waals surface area (Å²) < 4.78 is 5.36. The van der Waals surface area contributed by atoms with Crippen molar-refractivity contribution in [2.24, 2.45) is 0 Å². The molecular formula is C21H22ClN3O3. The molecule has 146 valence electrons. The summed E-state index contributed by atoms with van der Waals surface area (Å²) in [7, 11) is 0. The Labute approximate surface area is 169 Å². The molecule has 2 aromatic heterocycles. The summed E-state index contributed by atoms with van der Waals surface area (Å²) in [6.07, 6.45) is 1.22. The average Bonchev–Trinajstić information content (AvgIpc) is 2.61. The summed E-state index contributed by atoms with van der Waals surface area (Å²) in [6.45, 7) is 6.98. The van der Waals surface area contributed by atoms with Crippen LogP contribution in [0.3, 0.4) is 0 Å². The molecule has 7 heteroatoms. The molecule has 0 aliphatic heterocycles. The minimum atomic E-state index is -0.467. The fourth-order valence-corrected chi connectivity index (χ4v) is 2.70. The zero-order valence-corrected chi connectivity index (χ0v) is 17.0. The summed E-state index contributed by atoms with van der Waals surface area (Å²) in [5.41, 5.74) is 3.50. The van der Waals surface area contributed by atoms with Gasteiger partial charge in [0.2, 0.25) is 0 Å². The van der Waals surface area contributed by atoms with E-state index in [2.05, 4.69) is 15.3 Å². The first-order valence-electron chi connectivity index (χ1n) is 8.70. The van der Waals surface area contributed by atoms with Gasteiger partial charge in [0.15, 0.2) is 11.4 Å². The maximum absolute atomic E-state index is 12.6. The third-order valence-electron chi connectivity index (χ3n) is 3.97. The molecule has 3 aromatic rings. The monoisotopic (exact) mass is 399 g/mol. The number of ketones is 1. The highest BCUT2D eigenvalue weighted by molar-refractivity contribution is 6.05. The molecule has 1 aromatic carbocycles. The van der Waals surface area contributed by atoms with E-state index in [-0.39, 0.29) is 24.3 Å². The number of pyridine rings is 2. The van der Waals surface area contributed by atoms with Gasteiger partial charge in [-0.25, -0.2) is 14.8 Å². The van der Waals surface area contributed by atoms with E-state index >= 15 is 0 Å². The van der Waals surface area contributed by atoms with Crippen LogP contribution in [-0.4, -0.2) is 27.8 Å². The standard InChI is InChI=1S/C21H21N3O3.ClH/c1-12(2)27-21(26)18-11-22-20-17(9-8-13(3)23-20)19(18)24-16-7-5-6-15(10-16)14(4)25;/h5-12H,1-4H3,(H,22,23,24);1H. The van der Waals surface area contributed by atoms with E-state index in [4.69, 9.17) is 4.74 Å². The number of benzene rings is 1. The Hall–Kier alpha value is -2.99. The SMILES string of the molecule is CC(=O)c1cccc(Nc2c(C(=O)OC(C)C)cnc3nc(C)ccc23)c1.Cl. The van der Waals surface area contributed by atoms with Crippen molar-refractivity contribution in [3.05, 3.63) is 59.4 Å². The summed E-state index contributed by atoms with van der Waals surface area (Å²) in [4.78, 5) is 33.0. The minimum absolute atomic E-state index is 0. The summed E-state index contributed by atoms with van der Waals surface area (Å²) in [6, 6.07) is 10.8. The molecule has 28 heavy (non-hydrogen) atoms. The molecule has 0 spiro atoms. The highest BCUT2D eigenvalue weighted by atomic mass is 35.5. The van der Waals surface area contributed by atoms with E-state index in [0.29, 0.717) is 33.5 Å². The number of esters is 1. The van der Waals surface area contributed by atoms with Crippen molar-refractivity contribution in [1.82, 2.24) is 9.97 Å². The van der Waals surface area contributed by atoms with Gasteiger partial charge in [0.1, 0.15) is 5.56 Å². The second-order valence-electron chi connectivity index (χ2n) is 6.59. The number of Topliss-reactive ketones (excluding diaryl/α,β-unsaturated/α-hetero) is 1. The number of ether oxygens (including phenoxy) is 1. The second-order valence-corrected chi connectivity index (χ2v) is 6.59. The molecule has 0 bridgehead atoms. The number of fused-ring (bicyclic) bond motifs is 1. The van der Waals surface area contributed by atoms with Gasteiger partial charge in [-0.15, -0.1) is 12.4 Å². The number of carbonyl (C=O) groups is 2. The molecule has 0 saturated carbocycles. The molecule has 2 heterocycles. The van der Waals surface area contributed by atoms with Crippen LogP contribution in [0, 0.1) is 6.92 Å². The number of nitrogens with one attached hydrogen (secondary N) is 1. The summed E-state index contributed by atoms with van der Waals surface area (Å²) in [5, 5.41) is 3.95. The number of aromatic nitrogens is 2. The third-order valence-corrected chi connectivity index (χ3v) is 3.97. The Balaban J connectivity index is 0.00000280. The van der Waals surface area contributed by atoms with E-state index in [1.807, 2.05) is 25.1 Å². The maximum atomic E-state index is 12.6. The molecule has 3 rings (SSSR count). The largest absolute Gasteiger partial charge is 0.459 e. The summed E-state index contributed by atoms with van der Waals surface area (Å²) >= 11 is 0. The topological polar surface area (TPSA) is 81.2 Å². The molecule has 0 saturated heterocycles.